The second-order valence-electron chi connectivity index (χ2n) is 7.21. The van der Waals surface area contributed by atoms with Crippen LogP contribution in [-0.4, -0.2) is 30.1 Å². The normalized spacial score (nSPS) is 37.4. The molecule has 0 aromatic heterocycles. The van der Waals surface area contributed by atoms with Crippen LogP contribution in [0.1, 0.15) is 52.9 Å². The van der Waals surface area contributed by atoms with Gasteiger partial charge in [-0.15, -0.1) is 0 Å². The monoisotopic (exact) mass is 310 g/mol. The summed E-state index contributed by atoms with van der Waals surface area (Å²) in [4.78, 5) is 24.0. The summed E-state index contributed by atoms with van der Waals surface area (Å²) in [5.41, 5.74) is 0. The summed E-state index contributed by atoms with van der Waals surface area (Å²) in [6, 6.07) is 0. The van der Waals surface area contributed by atoms with Gasteiger partial charge in [0.15, 0.2) is 0 Å². The van der Waals surface area contributed by atoms with Crippen molar-refractivity contribution in [2.24, 2.45) is 35.5 Å². The third-order valence-corrected chi connectivity index (χ3v) is 5.86. The molecule has 4 heteroatoms. The molecule has 0 aromatic carbocycles. The van der Waals surface area contributed by atoms with Gasteiger partial charge in [0.2, 0.25) is 0 Å². The number of rotatable bonds is 7. The minimum atomic E-state index is -0.290. The topological polar surface area (TPSA) is 63.6 Å². The number of ketones is 1. The van der Waals surface area contributed by atoms with Crippen LogP contribution < -0.4 is 0 Å². The van der Waals surface area contributed by atoms with Crippen molar-refractivity contribution in [2.75, 3.05) is 13.2 Å². The molecule has 6 atom stereocenters. The second kappa shape index (κ2) is 7.58. The number of carbonyl (C=O) groups is 2. The Morgan fingerprint density at radius 2 is 2.05 bits per heavy atom. The maximum Gasteiger partial charge on any atom is 0.302 e. The van der Waals surface area contributed by atoms with Crippen LogP contribution in [0.15, 0.2) is 0 Å². The van der Waals surface area contributed by atoms with Gasteiger partial charge in [0.1, 0.15) is 5.78 Å². The smallest absolute Gasteiger partial charge is 0.302 e. The molecule has 0 heterocycles. The molecule has 2 saturated carbocycles. The number of esters is 1. The first-order valence-electron chi connectivity index (χ1n) is 8.79. The summed E-state index contributed by atoms with van der Waals surface area (Å²) in [6.07, 6.45) is 5.22. The lowest BCUT2D eigenvalue weighted by molar-refractivity contribution is -0.143. The van der Waals surface area contributed by atoms with Gasteiger partial charge in [-0.05, 0) is 30.6 Å². The van der Waals surface area contributed by atoms with Gasteiger partial charge in [-0.25, -0.2) is 0 Å². The maximum atomic E-state index is 12.9. The average molecular weight is 310 g/mol. The molecule has 0 aromatic rings. The van der Waals surface area contributed by atoms with Crippen molar-refractivity contribution in [2.45, 2.75) is 52.9 Å². The van der Waals surface area contributed by atoms with Crippen molar-refractivity contribution in [1.29, 1.82) is 0 Å². The molecule has 0 spiro atoms. The van der Waals surface area contributed by atoms with Crippen molar-refractivity contribution in [1.82, 2.24) is 0 Å². The zero-order valence-corrected chi connectivity index (χ0v) is 14.1. The van der Waals surface area contributed by atoms with E-state index in [2.05, 4.69) is 13.8 Å². The SMILES string of the molecule is CCCCC[C@@H]1C(=O)[C@@H]2[C@@H](COC(C)=O)C[C@@H](CO)[C@@H]2[C@H]1C. The Morgan fingerprint density at radius 1 is 1.32 bits per heavy atom. The summed E-state index contributed by atoms with van der Waals surface area (Å²) in [7, 11) is 0. The number of Topliss-reactive ketones (excluding diaryl/α,β-unsaturated/α-hetero) is 1. The van der Waals surface area contributed by atoms with Crippen molar-refractivity contribution in [3.05, 3.63) is 0 Å². The molecule has 1 N–H and O–H groups in total. The van der Waals surface area contributed by atoms with Crippen LogP contribution in [0.2, 0.25) is 0 Å². The molecule has 0 radical (unpaired) electrons. The van der Waals surface area contributed by atoms with Crippen LogP contribution >= 0.6 is 0 Å². The van der Waals surface area contributed by atoms with Crippen LogP contribution in [-0.2, 0) is 14.3 Å². The van der Waals surface area contributed by atoms with Gasteiger partial charge in [-0.3, -0.25) is 9.59 Å². The Balaban J connectivity index is 2.08. The highest BCUT2D eigenvalue weighted by molar-refractivity contribution is 5.87. The van der Waals surface area contributed by atoms with Crippen LogP contribution in [0.4, 0.5) is 0 Å². The van der Waals surface area contributed by atoms with Crippen LogP contribution in [0, 0.1) is 35.5 Å². The number of carbonyl (C=O) groups excluding carboxylic acids is 2. The van der Waals surface area contributed by atoms with Crippen LogP contribution in [0.25, 0.3) is 0 Å². The van der Waals surface area contributed by atoms with E-state index in [1.165, 1.54) is 13.3 Å². The Morgan fingerprint density at radius 3 is 2.64 bits per heavy atom. The van der Waals surface area contributed by atoms with Gasteiger partial charge >= 0.3 is 5.97 Å². The van der Waals surface area contributed by atoms with Crippen LogP contribution in [0.5, 0.6) is 0 Å². The number of ether oxygens (including phenoxy) is 1. The fourth-order valence-electron chi connectivity index (χ4n) is 4.86. The molecular formula is C18H30O4. The quantitative estimate of drug-likeness (QED) is 0.580. The van der Waals surface area contributed by atoms with Crippen LogP contribution in [0.3, 0.4) is 0 Å². The highest BCUT2D eigenvalue weighted by Crippen LogP contribution is 2.54. The average Bonchev–Trinajstić information content (AvgIpc) is 2.97. The molecule has 126 valence electrons. The summed E-state index contributed by atoms with van der Waals surface area (Å²) in [5.74, 6) is 1.08. The Labute approximate surface area is 133 Å². The number of aliphatic hydroxyl groups excluding tert-OH is 1. The lowest BCUT2D eigenvalue weighted by Crippen LogP contribution is -2.25. The highest BCUT2D eigenvalue weighted by Gasteiger charge is 2.57. The molecule has 22 heavy (non-hydrogen) atoms. The van der Waals surface area contributed by atoms with E-state index in [-0.39, 0.29) is 42.2 Å². The van der Waals surface area contributed by atoms with E-state index in [0.717, 1.165) is 25.7 Å². The predicted molar refractivity (Wildman–Crippen MR) is 84.1 cm³/mol. The number of fused-ring (bicyclic) bond motifs is 1. The third-order valence-electron chi connectivity index (χ3n) is 5.86. The first-order chi connectivity index (χ1) is 10.5. The summed E-state index contributed by atoms with van der Waals surface area (Å²) in [6.45, 7) is 6.22. The zero-order valence-electron chi connectivity index (χ0n) is 14.1. The highest BCUT2D eigenvalue weighted by atomic mass is 16.5. The lowest BCUT2D eigenvalue weighted by atomic mass is 9.82. The van der Waals surface area contributed by atoms with E-state index in [1.807, 2.05) is 0 Å². The number of unbranched alkanes of at least 4 members (excludes halogenated alkanes) is 2. The molecule has 0 saturated heterocycles. The van der Waals surface area contributed by atoms with E-state index in [9.17, 15) is 14.7 Å². The fourth-order valence-corrected chi connectivity index (χ4v) is 4.86. The molecule has 2 aliphatic carbocycles. The summed E-state index contributed by atoms with van der Waals surface area (Å²) in [5, 5.41) is 9.69. The first kappa shape index (κ1) is 17.5. The molecule has 0 unspecified atom stereocenters. The minimum absolute atomic E-state index is 0.0156. The van der Waals surface area contributed by atoms with Gasteiger partial charge in [-0.1, -0.05) is 33.1 Å². The Kier molecular flexibility index (Phi) is 6.01. The van der Waals surface area contributed by atoms with Gasteiger partial charge in [0.25, 0.3) is 0 Å². The van der Waals surface area contributed by atoms with Gasteiger partial charge in [-0.2, -0.15) is 0 Å². The van der Waals surface area contributed by atoms with E-state index in [4.69, 9.17) is 4.74 Å². The molecule has 0 bridgehead atoms. The molecule has 2 fully saturated rings. The number of aliphatic hydroxyl groups is 1. The van der Waals surface area contributed by atoms with E-state index < -0.39 is 0 Å². The van der Waals surface area contributed by atoms with Gasteiger partial charge in [0.05, 0.1) is 6.61 Å². The standard InChI is InChI=1S/C18H30O4/c1-4-5-6-7-15-11(2)16-13(9-19)8-14(10-22-12(3)20)17(16)18(15)21/h11,13-17,19H,4-10H2,1-3H3/t11-,13-,14+,15-,16-,17+/m0/s1. The summed E-state index contributed by atoms with van der Waals surface area (Å²) < 4.78 is 5.17. The Hall–Kier alpha value is -0.900. The molecule has 2 rings (SSSR count). The number of hydrogen-bond donors (Lipinski definition) is 1. The minimum Gasteiger partial charge on any atom is -0.466 e. The second-order valence-corrected chi connectivity index (χ2v) is 7.21. The lowest BCUT2D eigenvalue weighted by Gasteiger charge is -2.23. The first-order valence-corrected chi connectivity index (χ1v) is 8.79. The molecule has 0 aliphatic heterocycles. The largest absolute Gasteiger partial charge is 0.466 e. The van der Waals surface area contributed by atoms with E-state index in [0.29, 0.717) is 18.3 Å². The van der Waals surface area contributed by atoms with E-state index >= 15 is 0 Å². The predicted octanol–water partition coefficient (Wildman–Crippen LogP) is 2.83. The van der Waals surface area contributed by atoms with E-state index in [1.54, 1.807) is 0 Å². The van der Waals surface area contributed by atoms with Gasteiger partial charge < -0.3 is 9.84 Å². The van der Waals surface area contributed by atoms with Crippen molar-refractivity contribution >= 4 is 11.8 Å². The zero-order chi connectivity index (χ0) is 16.3. The number of hydrogen-bond acceptors (Lipinski definition) is 4. The Bertz CT molecular complexity index is 406. The fraction of sp³-hybridized carbons (Fsp3) is 0.889. The van der Waals surface area contributed by atoms with Crippen molar-refractivity contribution < 1.29 is 19.4 Å². The molecule has 4 nitrogen and oxygen atoms in total. The van der Waals surface area contributed by atoms with Gasteiger partial charge in [0, 0.05) is 31.3 Å². The molecular weight excluding hydrogens is 280 g/mol. The summed E-state index contributed by atoms with van der Waals surface area (Å²) >= 11 is 0. The molecule has 0 amide bonds. The van der Waals surface area contributed by atoms with Crippen molar-refractivity contribution in [3.8, 4) is 0 Å². The maximum absolute atomic E-state index is 12.9. The molecule has 2 aliphatic rings. The third kappa shape index (κ3) is 3.37. The van der Waals surface area contributed by atoms with Crippen molar-refractivity contribution in [3.63, 3.8) is 0 Å².